The van der Waals surface area contributed by atoms with Gasteiger partial charge in [-0.2, -0.15) is 4.80 Å². The van der Waals surface area contributed by atoms with Gasteiger partial charge in [0.15, 0.2) is 6.33 Å². The Balaban J connectivity index is 1.74. The van der Waals surface area contributed by atoms with E-state index in [1.54, 1.807) is 6.07 Å². The van der Waals surface area contributed by atoms with Gasteiger partial charge in [0.2, 0.25) is 0 Å². The number of aryl methyl sites for hydroxylation is 1. The maximum atomic E-state index is 5.94. The van der Waals surface area contributed by atoms with Gasteiger partial charge in [0.05, 0.1) is 18.2 Å². The fourth-order valence-electron chi connectivity index (χ4n) is 1.24. The maximum Gasteiger partial charge on any atom is 0.162 e. The molecule has 5 nitrogen and oxygen atoms in total. The molecule has 2 aromatic rings. The summed E-state index contributed by atoms with van der Waals surface area (Å²) >= 11 is 5.94. The van der Waals surface area contributed by atoms with Crippen LogP contribution in [0, 0.1) is 0 Å². The Hall–Kier alpha value is -1.62. The highest BCUT2D eigenvalue weighted by molar-refractivity contribution is 6.32. The number of ether oxygens (including phenoxy) is 1. The third-order valence-corrected chi connectivity index (χ3v) is 2.30. The van der Waals surface area contributed by atoms with E-state index in [4.69, 9.17) is 16.3 Å². The fourth-order valence-corrected chi connectivity index (χ4v) is 1.43. The largest absolute Gasteiger partial charge is 0.492 e. The van der Waals surface area contributed by atoms with Crippen LogP contribution in [0.2, 0.25) is 5.02 Å². The van der Waals surface area contributed by atoms with Crippen molar-refractivity contribution in [1.82, 2.24) is 20.2 Å². The molecule has 0 N–H and O–H groups in total. The highest BCUT2D eigenvalue weighted by Crippen LogP contribution is 2.22. The quantitative estimate of drug-likeness (QED) is 0.746. The molecule has 84 valence electrons. The lowest BCUT2D eigenvalue weighted by atomic mass is 10.3. The Labute approximate surface area is 98.0 Å². The zero-order valence-electron chi connectivity index (χ0n) is 8.58. The SMILES string of the molecule is Clc1ccccc1OCCCn1ncnn1. The Kier molecular flexibility index (Phi) is 3.71. The number of tetrazole rings is 1. The molecule has 0 radical (unpaired) electrons. The van der Waals surface area contributed by atoms with Crippen LogP contribution < -0.4 is 4.74 Å². The molecule has 0 bridgehead atoms. The first kappa shape index (κ1) is 10.9. The molecule has 0 aliphatic rings. The molecule has 6 heteroatoms. The monoisotopic (exact) mass is 238 g/mol. The van der Waals surface area contributed by atoms with Crippen molar-refractivity contribution in [1.29, 1.82) is 0 Å². The lowest BCUT2D eigenvalue weighted by Gasteiger charge is -2.06. The molecule has 1 heterocycles. The third kappa shape index (κ3) is 2.93. The first-order valence-corrected chi connectivity index (χ1v) is 5.32. The number of halogens is 1. The van der Waals surface area contributed by atoms with E-state index < -0.39 is 0 Å². The average molecular weight is 239 g/mol. The second kappa shape index (κ2) is 5.46. The highest BCUT2D eigenvalue weighted by atomic mass is 35.5. The number of nitrogens with zero attached hydrogens (tertiary/aromatic N) is 4. The van der Waals surface area contributed by atoms with Crippen molar-refractivity contribution >= 4 is 11.6 Å². The minimum Gasteiger partial charge on any atom is -0.492 e. The van der Waals surface area contributed by atoms with Gasteiger partial charge in [0.1, 0.15) is 5.75 Å². The van der Waals surface area contributed by atoms with Gasteiger partial charge in [-0.05, 0) is 17.3 Å². The van der Waals surface area contributed by atoms with Crippen molar-refractivity contribution < 1.29 is 4.74 Å². The number of rotatable bonds is 5. The van der Waals surface area contributed by atoms with Gasteiger partial charge in [-0.1, -0.05) is 23.7 Å². The molecule has 0 atom stereocenters. The minimum atomic E-state index is 0.575. The summed E-state index contributed by atoms with van der Waals surface area (Å²) < 4.78 is 5.51. The second-order valence-electron chi connectivity index (χ2n) is 3.16. The van der Waals surface area contributed by atoms with E-state index >= 15 is 0 Å². The summed E-state index contributed by atoms with van der Waals surface area (Å²) in [5.41, 5.74) is 0. The van der Waals surface area contributed by atoms with Crippen LogP contribution in [0.3, 0.4) is 0 Å². The summed E-state index contributed by atoms with van der Waals surface area (Å²) in [4.78, 5) is 1.52. The lowest BCUT2D eigenvalue weighted by Crippen LogP contribution is -2.07. The van der Waals surface area contributed by atoms with E-state index in [-0.39, 0.29) is 0 Å². The molecule has 0 amide bonds. The molecule has 0 aliphatic carbocycles. The van der Waals surface area contributed by atoms with Gasteiger partial charge in [-0.15, -0.1) is 10.2 Å². The smallest absolute Gasteiger partial charge is 0.162 e. The number of benzene rings is 1. The standard InChI is InChI=1S/C10H11ClN4O/c11-9-4-1-2-5-10(9)16-7-3-6-15-13-8-12-14-15/h1-2,4-5,8H,3,6-7H2. The molecule has 1 aromatic heterocycles. The number of hydrogen-bond donors (Lipinski definition) is 0. The normalized spacial score (nSPS) is 10.3. The minimum absolute atomic E-state index is 0.575. The van der Waals surface area contributed by atoms with Crippen molar-refractivity contribution in [2.75, 3.05) is 6.61 Å². The Morgan fingerprint density at radius 2 is 2.19 bits per heavy atom. The van der Waals surface area contributed by atoms with Crippen LogP contribution in [0.1, 0.15) is 6.42 Å². The molecule has 0 saturated carbocycles. The van der Waals surface area contributed by atoms with Crippen LogP contribution in [-0.4, -0.2) is 26.8 Å². The Bertz CT molecular complexity index is 432. The summed E-state index contributed by atoms with van der Waals surface area (Å²) in [6.07, 6.45) is 2.22. The summed E-state index contributed by atoms with van der Waals surface area (Å²) in [7, 11) is 0. The topological polar surface area (TPSA) is 52.8 Å². The van der Waals surface area contributed by atoms with Gasteiger partial charge in [0.25, 0.3) is 0 Å². The first-order chi connectivity index (χ1) is 7.86. The van der Waals surface area contributed by atoms with Gasteiger partial charge < -0.3 is 4.74 Å². The predicted molar refractivity (Wildman–Crippen MR) is 59.4 cm³/mol. The number of para-hydroxylation sites is 1. The van der Waals surface area contributed by atoms with Gasteiger partial charge in [-0.3, -0.25) is 0 Å². The lowest BCUT2D eigenvalue weighted by molar-refractivity contribution is 0.293. The van der Waals surface area contributed by atoms with E-state index in [9.17, 15) is 0 Å². The van der Waals surface area contributed by atoms with Gasteiger partial charge in [0, 0.05) is 6.42 Å². The van der Waals surface area contributed by atoms with Crippen molar-refractivity contribution in [2.45, 2.75) is 13.0 Å². The van der Waals surface area contributed by atoms with E-state index in [0.29, 0.717) is 23.9 Å². The molecule has 2 rings (SSSR count). The predicted octanol–water partition coefficient (Wildman–Crippen LogP) is 1.80. The van der Waals surface area contributed by atoms with Crippen molar-refractivity contribution in [2.24, 2.45) is 0 Å². The van der Waals surface area contributed by atoms with Crippen molar-refractivity contribution in [3.8, 4) is 5.75 Å². The molecular weight excluding hydrogens is 228 g/mol. The van der Waals surface area contributed by atoms with E-state index in [1.165, 1.54) is 11.1 Å². The fraction of sp³-hybridized carbons (Fsp3) is 0.300. The molecular formula is C10H11ClN4O. The molecule has 0 fully saturated rings. The highest BCUT2D eigenvalue weighted by Gasteiger charge is 1.99. The number of hydrogen-bond acceptors (Lipinski definition) is 4. The summed E-state index contributed by atoms with van der Waals surface area (Å²) in [5.74, 6) is 0.704. The molecule has 16 heavy (non-hydrogen) atoms. The average Bonchev–Trinajstić information content (AvgIpc) is 2.79. The van der Waals surface area contributed by atoms with Crippen LogP contribution >= 0.6 is 11.6 Å². The molecule has 1 aromatic carbocycles. The van der Waals surface area contributed by atoms with Crippen molar-refractivity contribution in [3.05, 3.63) is 35.6 Å². The van der Waals surface area contributed by atoms with Crippen LogP contribution in [-0.2, 0) is 6.54 Å². The summed E-state index contributed by atoms with van der Waals surface area (Å²) in [6.45, 7) is 1.26. The van der Waals surface area contributed by atoms with Crippen LogP contribution in [0.5, 0.6) is 5.75 Å². The molecule has 0 saturated heterocycles. The first-order valence-electron chi connectivity index (χ1n) is 4.94. The van der Waals surface area contributed by atoms with Crippen LogP contribution in [0.25, 0.3) is 0 Å². The second-order valence-corrected chi connectivity index (χ2v) is 3.57. The summed E-state index contributed by atoms with van der Waals surface area (Å²) in [5, 5.41) is 11.9. The molecule has 0 spiro atoms. The third-order valence-electron chi connectivity index (χ3n) is 1.99. The Morgan fingerprint density at radius 3 is 2.94 bits per heavy atom. The number of aromatic nitrogens is 4. The Morgan fingerprint density at radius 1 is 1.31 bits per heavy atom. The zero-order valence-corrected chi connectivity index (χ0v) is 9.34. The van der Waals surface area contributed by atoms with E-state index in [1.807, 2.05) is 18.2 Å². The van der Waals surface area contributed by atoms with Crippen LogP contribution in [0.15, 0.2) is 30.6 Å². The maximum absolute atomic E-state index is 5.94. The summed E-state index contributed by atoms with van der Waals surface area (Å²) in [6, 6.07) is 7.40. The van der Waals surface area contributed by atoms with E-state index in [2.05, 4.69) is 15.4 Å². The van der Waals surface area contributed by atoms with E-state index in [0.717, 1.165) is 6.42 Å². The van der Waals surface area contributed by atoms with Gasteiger partial charge in [-0.25, -0.2) is 0 Å². The molecule has 0 aliphatic heterocycles. The zero-order chi connectivity index (χ0) is 11.2. The van der Waals surface area contributed by atoms with Crippen LogP contribution in [0.4, 0.5) is 0 Å². The van der Waals surface area contributed by atoms with Gasteiger partial charge >= 0.3 is 0 Å². The molecule has 0 unspecified atom stereocenters. The van der Waals surface area contributed by atoms with Crippen molar-refractivity contribution in [3.63, 3.8) is 0 Å².